The Labute approximate surface area is 165 Å². The smallest absolute Gasteiger partial charge is 0.303 e. The van der Waals surface area contributed by atoms with Crippen molar-refractivity contribution in [1.82, 2.24) is 0 Å². The molecule has 0 heterocycles. The van der Waals surface area contributed by atoms with E-state index in [1.807, 2.05) is 6.08 Å². The highest BCUT2D eigenvalue weighted by Gasteiger charge is 2.73. The number of aldehydes is 1. The largest absolute Gasteiger partial charge is 0.497 e. The van der Waals surface area contributed by atoms with Crippen molar-refractivity contribution in [1.29, 1.82) is 0 Å². The van der Waals surface area contributed by atoms with Crippen molar-refractivity contribution in [3.8, 4) is 5.75 Å². The van der Waals surface area contributed by atoms with Crippen LogP contribution < -0.4 is 4.74 Å². The molecular weight excluding hydrogens is 352 g/mol. The number of rotatable bonds is 3. The third-order valence-electron chi connectivity index (χ3n) is 8.15. The minimum absolute atomic E-state index is 0.237. The first kappa shape index (κ1) is 17.7. The number of allylic oxidation sites excluding steroid dienone is 2. The molecule has 1 aromatic carbocycles. The molecule has 0 unspecified atom stereocenters. The lowest BCUT2D eigenvalue weighted by Gasteiger charge is -2.56. The van der Waals surface area contributed by atoms with Crippen molar-refractivity contribution < 1.29 is 19.1 Å². The van der Waals surface area contributed by atoms with Gasteiger partial charge in [0.25, 0.3) is 0 Å². The number of hydrogen-bond donors (Lipinski definition) is 0. The molecule has 0 radical (unpaired) electrons. The van der Waals surface area contributed by atoms with Crippen molar-refractivity contribution in [2.75, 3.05) is 7.11 Å². The maximum Gasteiger partial charge on any atom is 0.303 e. The van der Waals surface area contributed by atoms with E-state index in [1.54, 1.807) is 7.11 Å². The second-order valence-corrected chi connectivity index (χ2v) is 9.00. The zero-order valence-electron chi connectivity index (χ0n) is 16.7. The van der Waals surface area contributed by atoms with E-state index in [0.29, 0.717) is 17.4 Å². The SMILES string of the molecule is COc1ccc2c(c1)CC[C@@H]1[C@@H]2CC[C@@]2(C)[C@]13C=C[C@@]2(OC(C)=O)C(C=O)=C3. The lowest BCUT2D eigenvalue weighted by molar-refractivity contribution is -0.165. The molecule has 2 bridgehead atoms. The third-order valence-corrected chi connectivity index (χ3v) is 8.15. The molecule has 0 aromatic heterocycles. The maximum absolute atomic E-state index is 12.0. The van der Waals surface area contributed by atoms with Crippen LogP contribution in [0.1, 0.15) is 50.2 Å². The van der Waals surface area contributed by atoms with Crippen LogP contribution >= 0.6 is 0 Å². The lowest BCUT2D eigenvalue weighted by atomic mass is 9.47. The first-order valence-electron chi connectivity index (χ1n) is 10.2. The standard InChI is InChI=1S/C24H26O4/c1-15(26)28-24-11-10-23(13-17(24)14-25)21-7-4-16-12-18(27-3)5-6-19(16)20(21)8-9-22(23,24)2/h5-6,10-14,20-21H,4,7-9H2,1-3H3/t20-,21-,22+,23+,24-/m1/s1. The fourth-order valence-corrected chi connectivity index (χ4v) is 6.92. The monoisotopic (exact) mass is 378 g/mol. The number of carbonyl (C=O) groups excluding carboxylic acids is 2. The number of benzene rings is 1. The van der Waals surface area contributed by atoms with Gasteiger partial charge in [-0.25, -0.2) is 0 Å². The molecule has 0 spiro atoms. The highest BCUT2D eigenvalue weighted by atomic mass is 16.6. The molecule has 1 saturated carbocycles. The van der Waals surface area contributed by atoms with E-state index in [1.165, 1.54) is 18.1 Å². The molecule has 4 heteroatoms. The number of esters is 1. The Bertz CT molecular complexity index is 944. The minimum atomic E-state index is -0.911. The number of carbonyl (C=O) groups is 2. The normalized spacial score (nSPS) is 39.5. The average Bonchev–Trinajstić information content (AvgIpc) is 3.06. The van der Waals surface area contributed by atoms with Gasteiger partial charge in [0.2, 0.25) is 0 Å². The van der Waals surface area contributed by atoms with Gasteiger partial charge in [-0.05, 0) is 66.9 Å². The number of methoxy groups -OCH3 is 1. The van der Waals surface area contributed by atoms with Gasteiger partial charge in [0, 0.05) is 23.3 Å². The summed E-state index contributed by atoms with van der Waals surface area (Å²) in [6.07, 6.45) is 11.3. The van der Waals surface area contributed by atoms with Crippen LogP contribution in [0.2, 0.25) is 0 Å². The van der Waals surface area contributed by atoms with Crippen molar-refractivity contribution in [2.24, 2.45) is 16.7 Å². The number of hydrogen-bond acceptors (Lipinski definition) is 4. The molecule has 0 saturated heterocycles. The van der Waals surface area contributed by atoms with Gasteiger partial charge in [-0.3, -0.25) is 9.59 Å². The van der Waals surface area contributed by atoms with E-state index in [2.05, 4.69) is 37.3 Å². The fourth-order valence-electron chi connectivity index (χ4n) is 6.92. The second-order valence-electron chi connectivity index (χ2n) is 9.00. The van der Waals surface area contributed by atoms with Crippen LogP contribution in [-0.4, -0.2) is 25.0 Å². The van der Waals surface area contributed by atoms with Crippen molar-refractivity contribution in [2.45, 2.75) is 51.0 Å². The van der Waals surface area contributed by atoms with Crippen LogP contribution in [0.3, 0.4) is 0 Å². The van der Waals surface area contributed by atoms with E-state index < -0.39 is 5.60 Å². The third kappa shape index (κ3) is 1.86. The Hall–Kier alpha value is -2.36. The predicted octanol–water partition coefficient (Wildman–Crippen LogP) is 4.14. The summed E-state index contributed by atoms with van der Waals surface area (Å²) in [5, 5.41) is 0. The summed E-state index contributed by atoms with van der Waals surface area (Å²) in [5.74, 6) is 1.43. The van der Waals surface area contributed by atoms with E-state index in [4.69, 9.17) is 9.47 Å². The molecule has 0 aliphatic heterocycles. The molecule has 28 heavy (non-hydrogen) atoms. The first-order valence-corrected chi connectivity index (χ1v) is 10.2. The van der Waals surface area contributed by atoms with Gasteiger partial charge in [0.15, 0.2) is 5.60 Å². The Kier molecular flexibility index (Phi) is 3.54. The summed E-state index contributed by atoms with van der Waals surface area (Å²) in [7, 11) is 1.71. The Morgan fingerprint density at radius 1 is 1.25 bits per heavy atom. The van der Waals surface area contributed by atoms with Gasteiger partial charge >= 0.3 is 5.97 Å². The molecule has 0 N–H and O–H groups in total. The molecule has 4 aliphatic carbocycles. The van der Waals surface area contributed by atoms with Gasteiger partial charge < -0.3 is 9.47 Å². The molecule has 1 fully saturated rings. The zero-order valence-corrected chi connectivity index (χ0v) is 16.7. The predicted molar refractivity (Wildman–Crippen MR) is 105 cm³/mol. The first-order chi connectivity index (χ1) is 13.4. The van der Waals surface area contributed by atoms with Gasteiger partial charge in [0.05, 0.1) is 7.11 Å². The summed E-state index contributed by atoms with van der Waals surface area (Å²) in [4.78, 5) is 23.9. The van der Waals surface area contributed by atoms with Gasteiger partial charge in [-0.15, -0.1) is 0 Å². The fraction of sp³-hybridized carbons (Fsp3) is 0.500. The number of ether oxygens (including phenoxy) is 2. The number of fused-ring (bicyclic) bond motifs is 3. The summed E-state index contributed by atoms with van der Waals surface area (Å²) >= 11 is 0. The van der Waals surface area contributed by atoms with E-state index >= 15 is 0 Å². The van der Waals surface area contributed by atoms with Crippen LogP contribution in [0.25, 0.3) is 0 Å². The van der Waals surface area contributed by atoms with Gasteiger partial charge in [0.1, 0.15) is 12.0 Å². The summed E-state index contributed by atoms with van der Waals surface area (Å²) in [6, 6.07) is 6.45. The Morgan fingerprint density at radius 3 is 2.79 bits per heavy atom. The molecule has 4 aliphatic rings. The van der Waals surface area contributed by atoms with E-state index in [0.717, 1.165) is 37.7 Å². The van der Waals surface area contributed by atoms with Crippen LogP contribution in [0.4, 0.5) is 0 Å². The van der Waals surface area contributed by atoms with Crippen LogP contribution in [0.15, 0.2) is 42.0 Å². The molecule has 0 amide bonds. The minimum Gasteiger partial charge on any atom is -0.497 e. The Balaban J connectivity index is 1.62. The van der Waals surface area contributed by atoms with Crippen LogP contribution in [0.5, 0.6) is 5.75 Å². The second kappa shape index (κ2) is 5.59. The summed E-state index contributed by atoms with van der Waals surface area (Å²) in [6.45, 7) is 3.64. The van der Waals surface area contributed by atoms with E-state index in [-0.39, 0.29) is 16.8 Å². The Morgan fingerprint density at radius 2 is 2.07 bits per heavy atom. The van der Waals surface area contributed by atoms with Crippen LogP contribution in [0, 0.1) is 16.7 Å². The molecule has 1 aromatic rings. The maximum atomic E-state index is 12.0. The van der Waals surface area contributed by atoms with Crippen LogP contribution in [-0.2, 0) is 20.7 Å². The molecule has 5 atom stereocenters. The van der Waals surface area contributed by atoms with Crippen molar-refractivity contribution in [3.05, 3.63) is 53.1 Å². The quantitative estimate of drug-likeness (QED) is 0.451. The summed E-state index contributed by atoms with van der Waals surface area (Å²) < 4.78 is 11.3. The zero-order chi connectivity index (χ0) is 19.7. The molecule has 4 nitrogen and oxygen atoms in total. The highest BCUT2D eigenvalue weighted by Crippen LogP contribution is 2.74. The summed E-state index contributed by atoms with van der Waals surface area (Å²) in [5.41, 5.74) is 1.97. The molecule has 146 valence electrons. The van der Waals surface area contributed by atoms with Gasteiger partial charge in [-0.1, -0.05) is 25.1 Å². The highest BCUT2D eigenvalue weighted by molar-refractivity contribution is 5.84. The lowest BCUT2D eigenvalue weighted by Crippen LogP contribution is -2.55. The average molecular weight is 378 g/mol. The van der Waals surface area contributed by atoms with E-state index in [9.17, 15) is 9.59 Å². The molecular formula is C24H26O4. The van der Waals surface area contributed by atoms with Crippen molar-refractivity contribution >= 4 is 12.3 Å². The molecule has 5 rings (SSSR count). The topological polar surface area (TPSA) is 52.6 Å². The van der Waals surface area contributed by atoms with Gasteiger partial charge in [-0.2, -0.15) is 0 Å². The van der Waals surface area contributed by atoms with Crippen molar-refractivity contribution in [3.63, 3.8) is 0 Å². The number of aryl methyl sites for hydroxylation is 1.